The molecule has 0 atom stereocenters. The van der Waals surface area contributed by atoms with Gasteiger partial charge in [0.05, 0.1) is 18.7 Å². The van der Waals surface area contributed by atoms with Crippen LogP contribution in [0, 0.1) is 0 Å². The van der Waals surface area contributed by atoms with Crippen LogP contribution in [0.4, 0.5) is 0 Å². The second-order valence-corrected chi connectivity index (χ2v) is 5.78. The van der Waals surface area contributed by atoms with E-state index in [0.29, 0.717) is 12.6 Å². The molecule has 4 nitrogen and oxygen atoms in total. The van der Waals surface area contributed by atoms with Crippen LogP contribution in [-0.4, -0.2) is 43.0 Å². The molecule has 2 aliphatic rings. The number of likely N-dealkylation sites (tertiary alicyclic amines) is 1. The van der Waals surface area contributed by atoms with Crippen LogP contribution >= 0.6 is 0 Å². The number of aryl methyl sites for hydroxylation is 1. The number of para-hydroxylation sites is 1. The van der Waals surface area contributed by atoms with Crippen molar-refractivity contribution in [2.75, 3.05) is 26.2 Å². The summed E-state index contributed by atoms with van der Waals surface area (Å²) in [6.07, 6.45) is 4.01. The number of hydrogen-bond donors (Lipinski definition) is 1. The summed E-state index contributed by atoms with van der Waals surface area (Å²) in [5.41, 5.74) is 7.81. The average molecular weight is 274 g/mol. The first kappa shape index (κ1) is 13.6. The minimum Gasteiger partial charge on any atom is -0.493 e. The highest BCUT2D eigenvalue weighted by atomic mass is 16.5. The number of Topliss-reactive ketones (excluding diaryl/α,β-unsaturated/α-hetero) is 1. The number of hydrogen-bond acceptors (Lipinski definition) is 4. The summed E-state index contributed by atoms with van der Waals surface area (Å²) in [4.78, 5) is 14.7. The van der Waals surface area contributed by atoms with Crippen molar-refractivity contribution in [2.45, 2.75) is 31.7 Å². The van der Waals surface area contributed by atoms with E-state index in [4.69, 9.17) is 10.5 Å². The third-order valence-corrected chi connectivity index (χ3v) is 4.23. The van der Waals surface area contributed by atoms with Crippen molar-refractivity contribution in [1.29, 1.82) is 0 Å². The first-order valence-electron chi connectivity index (χ1n) is 7.50. The highest BCUT2D eigenvalue weighted by Crippen LogP contribution is 2.29. The summed E-state index contributed by atoms with van der Waals surface area (Å²) < 4.78 is 5.72. The van der Waals surface area contributed by atoms with Gasteiger partial charge < -0.3 is 10.5 Å². The van der Waals surface area contributed by atoms with E-state index in [2.05, 4.69) is 11.0 Å². The van der Waals surface area contributed by atoms with E-state index in [9.17, 15) is 4.79 Å². The van der Waals surface area contributed by atoms with Crippen molar-refractivity contribution >= 4 is 5.78 Å². The molecule has 0 amide bonds. The lowest BCUT2D eigenvalue weighted by Gasteiger charge is -2.29. The molecule has 0 aromatic heterocycles. The first-order chi connectivity index (χ1) is 9.74. The van der Waals surface area contributed by atoms with Crippen LogP contribution in [-0.2, 0) is 6.42 Å². The van der Waals surface area contributed by atoms with Gasteiger partial charge in [-0.1, -0.05) is 12.1 Å². The Hall–Kier alpha value is -1.39. The molecule has 2 heterocycles. The van der Waals surface area contributed by atoms with Crippen molar-refractivity contribution in [2.24, 2.45) is 5.73 Å². The summed E-state index contributed by atoms with van der Waals surface area (Å²) >= 11 is 0. The molecule has 1 aromatic rings. The maximum absolute atomic E-state index is 12.5. The van der Waals surface area contributed by atoms with Gasteiger partial charge in [-0.25, -0.2) is 0 Å². The fourth-order valence-electron chi connectivity index (χ4n) is 3.01. The number of nitrogens with zero attached hydrogens (tertiary/aromatic N) is 1. The number of ketones is 1. The lowest BCUT2D eigenvalue weighted by atomic mass is 9.99. The molecule has 2 aliphatic heterocycles. The number of fused-ring (bicyclic) bond motifs is 1. The second kappa shape index (κ2) is 5.94. The molecular formula is C16H22N2O2. The first-order valence-corrected chi connectivity index (χ1v) is 7.50. The van der Waals surface area contributed by atoms with Gasteiger partial charge in [0.25, 0.3) is 0 Å². The molecule has 0 saturated carbocycles. The molecule has 0 bridgehead atoms. The molecular weight excluding hydrogens is 252 g/mol. The Kier molecular flexibility index (Phi) is 4.03. The van der Waals surface area contributed by atoms with E-state index in [0.717, 1.165) is 56.7 Å². The molecule has 108 valence electrons. The largest absolute Gasteiger partial charge is 0.493 e. The van der Waals surface area contributed by atoms with E-state index in [1.165, 1.54) is 5.56 Å². The van der Waals surface area contributed by atoms with Gasteiger partial charge in [0.1, 0.15) is 5.75 Å². The molecule has 0 aliphatic carbocycles. The Morgan fingerprint density at radius 2 is 2.15 bits per heavy atom. The summed E-state index contributed by atoms with van der Waals surface area (Å²) in [5, 5.41) is 0. The highest BCUT2D eigenvalue weighted by Gasteiger charge is 2.23. The van der Waals surface area contributed by atoms with Crippen molar-refractivity contribution < 1.29 is 9.53 Å². The van der Waals surface area contributed by atoms with Gasteiger partial charge in [-0.05, 0) is 37.3 Å². The van der Waals surface area contributed by atoms with E-state index in [1.54, 1.807) is 0 Å². The van der Waals surface area contributed by atoms with Crippen molar-refractivity contribution in [3.05, 3.63) is 29.3 Å². The number of benzene rings is 1. The normalized spacial score (nSPS) is 20.2. The Morgan fingerprint density at radius 1 is 1.35 bits per heavy atom. The zero-order chi connectivity index (χ0) is 13.9. The lowest BCUT2D eigenvalue weighted by molar-refractivity contribution is 0.0905. The standard InChI is InChI=1S/C16H22N2O2/c17-13-6-8-18(9-7-13)11-15(19)14-5-1-3-12-4-2-10-20-16(12)14/h1,3,5,13H,2,4,6-11,17H2. The van der Waals surface area contributed by atoms with Crippen molar-refractivity contribution in [3.63, 3.8) is 0 Å². The predicted octanol–water partition coefficient (Wildman–Crippen LogP) is 1.62. The minimum absolute atomic E-state index is 0.166. The molecule has 20 heavy (non-hydrogen) atoms. The van der Waals surface area contributed by atoms with Gasteiger partial charge in [-0.2, -0.15) is 0 Å². The molecule has 3 rings (SSSR count). The predicted molar refractivity (Wildman–Crippen MR) is 78.2 cm³/mol. The molecule has 0 spiro atoms. The van der Waals surface area contributed by atoms with Crippen LogP contribution in [0.15, 0.2) is 18.2 Å². The van der Waals surface area contributed by atoms with Crippen molar-refractivity contribution in [1.82, 2.24) is 4.90 Å². The highest BCUT2D eigenvalue weighted by molar-refractivity contribution is 6.00. The van der Waals surface area contributed by atoms with E-state index >= 15 is 0 Å². The number of carbonyl (C=O) groups is 1. The van der Waals surface area contributed by atoms with Gasteiger partial charge in [0.15, 0.2) is 5.78 Å². The number of nitrogens with two attached hydrogens (primary N) is 1. The van der Waals surface area contributed by atoms with Crippen LogP contribution in [0.3, 0.4) is 0 Å². The minimum atomic E-state index is 0.166. The molecule has 0 radical (unpaired) electrons. The summed E-state index contributed by atoms with van der Waals surface area (Å²) in [7, 11) is 0. The number of rotatable bonds is 3. The Labute approximate surface area is 119 Å². The van der Waals surface area contributed by atoms with Gasteiger partial charge in [0.2, 0.25) is 0 Å². The maximum atomic E-state index is 12.5. The van der Waals surface area contributed by atoms with Crippen LogP contribution in [0.2, 0.25) is 0 Å². The van der Waals surface area contributed by atoms with E-state index < -0.39 is 0 Å². The second-order valence-electron chi connectivity index (χ2n) is 5.78. The number of piperidine rings is 1. The monoisotopic (exact) mass is 274 g/mol. The van der Waals surface area contributed by atoms with Crippen LogP contribution in [0.25, 0.3) is 0 Å². The molecule has 2 N–H and O–H groups in total. The Balaban J connectivity index is 1.71. The van der Waals surface area contributed by atoms with E-state index in [1.807, 2.05) is 12.1 Å². The lowest BCUT2D eigenvalue weighted by Crippen LogP contribution is -2.42. The van der Waals surface area contributed by atoms with Crippen LogP contribution in [0.1, 0.15) is 35.2 Å². The molecule has 0 unspecified atom stereocenters. The summed E-state index contributed by atoms with van der Waals surface area (Å²) in [6.45, 7) is 3.04. The molecule has 1 aromatic carbocycles. The Bertz CT molecular complexity index is 493. The van der Waals surface area contributed by atoms with Gasteiger partial charge in [-0.15, -0.1) is 0 Å². The zero-order valence-electron chi connectivity index (χ0n) is 11.8. The van der Waals surface area contributed by atoms with Gasteiger partial charge in [-0.3, -0.25) is 9.69 Å². The number of carbonyl (C=O) groups excluding carboxylic acids is 1. The van der Waals surface area contributed by atoms with Crippen LogP contribution in [0.5, 0.6) is 5.75 Å². The van der Waals surface area contributed by atoms with Crippen molar-refractivity contribution in [3.8, 4) is 5.75 Å². The van der Waals surface area contributed by atoms with E-state index in [-0.39, 0.29) is 5.78 Å². The number of ether oxygens (including phenoxy) is 1. The SMILES string of the molecule is NC1CCN(CC(=O)c2cccc3c2OCCC3)CC1. The third kappa shape index (κ3) is 2.86. The summed E-state index contributed by atoms with van der Waals surface area (Å²) in [6, 6.07) is 6.22. The molecule has 4 heteroatoms. The third-order valence-electron chi connectivity index (χ3n) is 4.23. The topological polar surface area (TPSA) is 55.6 Å². The zero-order valence-corrected chi connectivity index (χ0v) is 11.8. The average Bonchev–Trinajstić information content (AvgIpc) is 2.49. The molecule has 1 fully saturated rings. The quantitative estimate of drug-likeness (QED) is 0.851. The molecule has 1 saturated heterocycles. The summed E-state index contributed by atoms with van der Waals surface area (Å²) in [5.74, 6) is 0.983. The van der Waals surface area contributed by atoms with Gasteiger partial charge >= 0.3 is 0 Å². The fraction of sp³-hybridized carbons (Fsp3) is 0.562. The van der Waals surface area contributed by atoms with Gasteiger partial charge in [0, 0.05) is 19.1 Å². The maximum Gasteiger partial charge on any atom is 0.180 e. The smallest absolute Gasteiger partial charge is 0.180 e. The Morgan fingerprint density at radius 3 is 2.95 bits per heavy atom. The fourth-order valence-corrected chi connectivity index (χ4v) is 3.01. The van der Waals surface area contributed by atoms with Crippen LogP contribution < -0.4 is 10.5 Å².